The van der Waals surface area contributed by atoms with Crippen LogP contribution in [-0.2, 0) is 14.3 Å². The molecule has 1 rings (SSSR count). The third-order valence-electron chi connectivity index (χ3n) is 2.56. The van der Waals surface area contributed by atoms with Crippen molar-refractivity contribution >= 4 is 11.8 Å². The van der Waals surface area contributed by atoms with Gasteiger partial charge in [0.25, 0.3) is 0 Å². The zero-order chi connectivity index (χ0) is 10.1. The van der Waals surface area contributed by atoms with Crippen LogP contribution in [0.2, 0.25) is 0 Å². The van der Waals surface area contributed by atoms with Gasteiger partial charge in [-0.15, -0.1) is 0 Å². The van der Waals surface area contributed by atoms with Gasteiger partial charge in [0.2, 0.25) is 0 Å². The van der Waals surface area contributed by atoms with Crippen molar-refractivity contribution in [2.24, 2.45) is 11.3 Å². The maximum Gasteiger partial charge on any atom is 0.309 e. The molecule has 0 unspecified atom stereocenters. The number of ether oxygens (including phenoxy) is 1. The molecule has 13 heavy (non-hydrogen) atoms. The fourth-order valence-corrected chi connectivity index (χ4v) is 1.73. The molecule has 0 aromatic carbocycles. The minimum Gasteiger partial charge on any atom is -0.466 e. The van der Waals surface area contributed by atoms with E-state index in [1.807, 2.05) is 13.8 Å². The molecular weight excluding hydrogens is 168 g/mol. The molecule has 1 aliphatic rings. The number of carbonyl (C=O) groups is 2. The smallest absolute Gasteiger partial charge is 0.309 e. The molecule has 3 nitrogen and oxygen atoms in total. The first-order valence-electron chi connectivity index (χ1n) is 4.67. The highest BCUT2D eigenvalue weighted by Gasteiger charge is 2.42. The fourth-order valence-electron chi connectivity index (χ4n) is 1.73. The van der Waals surface area contributed by atoms with Crippen LogP contribution in [0.25, 0.3) is 0 Å². The summed E-state index contributed by atoms with van der Waals surface area (Å²) < 4.78 is 4.88. The first kappa shape index (κ1) is 10.2. The summed E-state index contributed by atoms with van der Waals surface area (Å²) in [6, 6.07) is 0. The molecule has 0 bridgehead atoms. The summed E-state index contributed by atoms with van der Waals surface area (Å²) in [4.78, 5) is 22.7. The molecule has 0 amide bonds. The Morgan fingerprint density at radius 2 is 2.23 bits per heavy atom. The lowest BCUT2D eigenvalue weighted by Crippen LogP contribution is -2.17. The molecule has 1 aliphatic carbocycles. The lowest BCUT2D eigenvalue weighted by atomic mass is 9.90. The Hall–Kier alpha value is -0.860. The zero-order valence-electron chi connectivity index (χ0n) is 8.42. The number of Topliss-reactive ketones (excluding diaryl/α,β-unsaturated/α-hetero) is 1. The van der Waals surface area contributed by atoms with Crippen LogP contribution in [0, 0.1) is 11.3 Å². The Balaban J connectivity index is 2.58. The second-order valence-electron chi connectivity index (χ2n) is 4.16. The number of ketones is 1. The van der Waals surface area contributed by atoms with Gasteiger partial charge in [0.1, 0.15) is 5.78 Å². The molecule has 3 heteroatoms. The van der Waals surface area contributed by atoms with E-state index in [1.165, 1.54) is 0 Å². The van der Waals surface area contributed by atoms with Crippen LogP contribution in [0.5, 0.6) is 0 Å². The largest absolute Gasteiger partial charge is 0.466 e. The SMILES string of the molecule is CCOC(=O)[C@H]1CC(=O)C(C)(C)C1. The van der Waals surface area contributed by atoms with Crippen molar-refractivity contribution < 1.29 is 14.3 Å². The van der Waals surface area contributed by atoms with Crippen molar-refractivity contribution in [3.8, 4) is 0 Å². The Morgan fingerprint density at radius 1 is 1.62 bits per heavy atom. The molecule has 0 aliphatic heterocycles. The van der Waals surface area contributed by atoms with Gasteiger partial charge in [-0.1, -0.05) is 13.8 Å². The van der Waals surface area contributed by atoms with E-state index in [1.54, 1.807) is 6.92 Å². The first-order chi connectivity index (χ1) is 5.97. The Morgan fingerprint density at radius 3 is 2.62 bits per heavy atom. The number of rotatable bonds is 2. The monoisotopic (exact) mass is 184 g/mol. The van der Waals surface area contributed by atoms with Gasteiger partial charge in [0.15, 0.2) is 0 Å². The Kier molecular flexibility index (Phi) is 2.74. The van der Waals surface area contributed by atoms with Crippen LogP contribution in [-0.4, -0.2) is 18.4 Å². The van der Waals surface area contributed by atoms with Crippen LogP contribution in [0.3, 0.4) is 0 Å². The van der Waals surface area contributed by atoms with E-state index in [0.717, 1.165) is 0 Å². The first-order valence-corrected chi connectivity index (χ1v) is 4.67. The van der Waals surface area contributed by atoms with Gasteiger partial charge in [-0.25, -0.2) is 0 Å². The predicted octanol–water partition coefficient (Wildman–Crippen LogP) is 1.55. The maximum absolute atomic E-state index is 11.4. The van der Waals surface area contributed by atoms with Gasteiger partial charge in [0, 0.05) is 11.8 Å². The summed E-state index contributed by atoms with van der Waals surface area (Å²) in [7, 11) is 0. The fraction of sp³-hybridized carbons (Fsp3) is 0.800. The van der Waals surface area contributed by atoms with Gasteiger partial charge in [-0.05, 0) is 13.3 Å². The van der Waals surface area contributed by atoms with Gasteiger partial charge in [-0.3, -0.25) is 9.59 Å². The van der Waals surface area contributed by atoms with Crippen molar-refractivity contribution in [1.82, 2.24) is 0 Å². The number of carbonyl (C=O) groups excluding carboxylic acids is 2. The average Bonchev–Trinajstić information content (AvgIpc) is 2.27. The second-order valence-corrected chi connectivity index (χ2v) is 4.16. The van der Waals surface area contributed by atoms with Crippen LogP contribution >= 0.6 is 0 Å². The highest BCUT2D eigenvalue weighted by Crippen LogP contribution is 2.38. The van der Waals surface area contributed by atoms with Gasteiger partial charge < -0.3 is 4.74 Å². The molecule has 0 spiro atoms. The van der Waals surface area contributed by atoms with Crippen LogP contribution in [0.4, 0.5) is 0 Å². The molecule has 0 saturated heterocycles. The summed E-state index contributed by atoms with van der Waals surface area (Å²) in [5.74, 6) is -0.255. The third kappa shape index (κ3) is 2.08. The quantitative estimate of drug-likeness (QED) is 0.611. The average molecular weight is 184 g/mol. The number of hydrogen-bond donors (Lipinski definition) is 0. The van der Waals surface area contributed by atoms with Gasteiger partial charge in [-0.2, -0.15) is 0 Å². The number of hydrogen-bond acceptors (Lipinski definition) is 3. The predicted molar refractivity (Wildman–Crippen MR) is 48.1 cm³/mol. The minimum atomic E-state index is -0.336. The van der Waals surface area contributed by atoms with Gasteiger partial charge >= 0.3 is 5.97 Å². The minimum absolute atomic E-state index is 0.172. The van der Waals surface area contributed by atoms with Crippen molar-refractivity contribution in [2.75, 3.05) is 6.61 Å². The highest BCUT2D eigenvalue weighted by molar-refractivity contribution is 5.91. The van der Waals surface area contributed by atoms with Crippen molar-refractivity contribution in [2.45, 2.75) is 33.6 Å². The molecular formula is C10H16O3. The van der Waals surface area contributed by atoms with E-state index in [0.29, 0.717) is 19.4 Å². The molecule has 0 aromatic rings. The molecule has 0 radical (unpaired) electrons. The van der Waals surface area contributed by atoms with Crippen LogP contribution in [0.15, 0.2) is 0 Å². The topological polar surface area (TPSA) is 43.4 Å². The molecule has 0 heterocycles. The molecule has 1 fully saturated rings. The Labute approximate surface area is 78.5 Å². The van der Waals surface area contributed by atoms with E-state index >= 15 is 0 Å². The zero-order valence-corrected chi connectivity index (χ0v) is 8.42. The van der Waals surface area contributed by atoms with Crippen LogP contribution < -0.4 is 0 Å². The van der Waals surface area contributed by atoms with Gasteiger partial charge in [0.05, 0.1) is 12.5 Å². The lowest BCUT2D eigenvalue weighted by molar-refractivity contribution is -0.148. The van der Waals surface area contributed by atoms with E-state index in [2.05, 4.69) is 0 Å². The van der Waals surface area contributed by atoms with Crippen LogP contribution in [0.1, 0.15) is 33.6 Å². The Bertz CT molecular complexity index is 230. The maximum atomic E-state index is 11.4. The summed E-state index contributed by atoms with van der Waals surface area (Å²) >= 11 is 0. The van der Waals surface area contributed by atoms with E-state index in [9.17, 15) is 9.59 Å². The standard InChI is InChI=1S/C10H16O3/c1-4-13-9(12)7-5-8(11)10(2,3)6-7/h7H,4-6H2,1-3H3/t7-/m0/s1. The summed E-state index contributed by atoms with van der Waals surface area (Å²) in [5.41, 5.74) is -0.336. The van der Waals surface area contributed by atoms with Crippen molar-refractivity contribution in [3.05, 3.63) is 0 Å². The lowest BCUT2D eigenvalue weighted by Gasteiger charge is -2.14. The van der Waals surface area contributed by atoms with E-state index < -0.39 is 0 Å². The molecule has 1 saturated carbocycles. The van der Waals surface area contributed by atoms with Crippen molar-refractivity contribution in [1.29, 1.82) is 0 Å². The summed E-state index contributed by atoms with van der Waals surface area (Å²) in [5, 5.41) is 0. The van der Waals surface area contributed by atoms with E-state index in [4.69, 9.17) is 4.74 Å². The van der Waals surface area contributed by atoms with Crippen molar-refractivity contribution in [3.63, 3.8) is 0 Å². The molecule has 0 N–H and O–H groups in total. The highest BCUT2D eigenvalue weighted by atomic mass is 16.5. The molecule has 1 atom stereocenters. The normalized spacial score (nSPS) is 26.1. The third-order valence-corrected chi connectivity index (χ3v) is 2.56. The summed E-state index contributed by atoms with van der Waals surface area (Å²) in [6.45, 7) is 5.94. The molecule has 74 valence electrons. The van der Waals surface area contributed by atoms with E-state index in [-0.39, 0.29) is 23.1 Å². The molecule has 0 aromatic heterocycles. The summed E-state index contributed by atoms with van der Waals surface area (Å²) in [6.07, 6.45) is 0.983. The number of esters is 1. The second kappa shape index (κ2) is 3.48.